The zero-order valence-electron chi connectivity index (χ0n) is 10.7. The first-order valence-corrected chi connectivity index (χ1v) is 6.20. The standard InChI is InChI=1S/C13H15ClN4O/c1-8(9-3-5-10(14)6-4-9)17-13(19)11-7-16-18(2)12(11)15/h3-8H,15H2,1-2H3,(H,17,19). The molecule has 19 heavy (non-hydrogen) atoms. The first-order chi connectivity index (χ1) is 8.99. The molecule has 0 aliphatic rings. The number of nitrogens with two attached hydrogens (primary N) is 1. The monoisotopic (exact) mass is 278 g/mol. The minimum absolute atomic E-state index is 0.135. The summed E-state index contributed by atoms with van der Waals surface area (Å²) < 4.78 is 1.46. The summed E-state index contributed by atoms with van der Waals surface area (Å²) in [6.45, 7) is 1.90. The Labute approximate surface area is 116 Å². The van der Waals surface area contributed by atoms with Crippen LogP contribution in [0.2, 0.25) is 5.02 Å². The zero-order chi connectivity index (χ0) is 14.0. The van der Waals surface area contributed by atoms with Gasteiger partial charge in [0.1, 0.15) is 11.4 Å². The van der Waals surface area contributed by atoms with E-state index in [0.29, 0.717) is 16.4 Å². The molecule has 0 fully saturated rings. The average Bonchev–Trinajstić information content (AvgIpc) is 2.70. The lowest BCUT2D eigenvalue weighted by atomic mass is 10.1. The molecule has 1 aromatic heterocycles. The lowest BCUT2D eigenvalue weighted by molar-refractivity contribution is 0.0941. The van der Waals surface area contributed by atoms with E-state index in [-0.39, 0.29) is 11.9 Å². The molecule has 1 heterocycles. The van der Waals surface area contributed by atoms with Gasteiger partial charge in [0, 0.05) is 12.1 Å². The molecule has 2 aromatic rings. The summed E-state index contributed by atoms with van der Waals surface area (Å²) in [6.07, 6.45) is 1.46. The highest BCUT2D eigenvalue weighted by molar-refractivity contribution is 6.30. The van der Waals surface area contributed by atoms with Crippen molar-refractivity contribution in [3.8, 4) is 0 Å². The Bertz CT molecular complexity index is 591. The van der Waals surface area contributed by atoms with Crippen molar-refractivity contribution >= 4 is 23.3 Å². The van der Waals surface area contributed by atoms with Crippen molar-refractivity contribution in [2.75, 3.05) is 5.73 Å². The van der Waals surface area contributed by atoms with Crippen LogP contribution in [0.1, 0.15) is 28.9 Å². The number of nitrogens with zero attached hydrogens (tertiary/aromatic N) is 2. The molecule has 1 atom stereocenters. The molecule has 0 aliphatic carbocycles. The predicted octanol–water partition coefficient (Wildman–Crippen LogP) is 2.15. The van der Waals surface area contributed by atoms with Gasteiger partial charge in [-0.2, -0.15) is 5.10 Å². The summed E-state index contributed by atoms with van der Waals surface area (Å²) in [5.74, 6) is 0.105. The van der Waals surface area contributed by atoms with Crippen molar-refractivity contribution < 1.29 is 4.79 Å². The Balaban J connectivity index is 2.10. The van der Waals surface area contributed by atoms with Crippen molar-refractivity contribution in [2.24, 2.45) is 7.05 Å². The van der Waals surface area contributed by atoms with Crippen LogP contribution in [0.4, 0.5) is 5.82 Å². The molecule has 0 aliphatic heterocycles. The number of nitrogen functional groups attached to an aromatic ring is 1. The smallest absolute Gasteiger partial charge is 0.257 e. The fraction of sp³-hybridized carbons (Fsp3) is 0.231. The third-order valence-corrected chi connectivity index (χ3v) is 3.20. The summed E-state index contributed by atoms with van der Waals surface area (Å²) in [4.78, 5) is 12.1. The van der Waals surface area contributed by atoms with E-state index in [1.165, 1.54) is 10.9 Å². The summed E-state index contributed by atoms with van der Waals surface area (Å²) in [5, 5.41) is 7.48. The molecule has 0 saturated carbocycles. The molecule has 0 bridgehead atoms. The predicted molar refractivity (Wildman–Crippen MR) is 75.0 cm³/mol. The van der Waals surface area contributed by atoms with Gasteiger partial charge < -0.3 is 11.1 Å². The third kappa shape index (κ3) is 2.88. The van der Waals surface area contributed by atoms with Crippen molar-refractivity contribution in [1.82, 2.24) is 15.1 Å². The van der Waals surface area contributed by atoms with Gasteiger partial charge >= 0.3 is 0 Å². The van der Waals surface area contributed by atoms with Gasteiger partial charge in [0.15, 0.2) is 0 Å². The van der Waals surface area contributed by atoms with Gasteiger partial charge in [-0.15, -0.1) is 0 Å². The van der Waals surface area contributed by atoms with Gasteiger partial charge in [0.05, 0.1) is 12.2 Å². The lowest BCUT2D eigenvalue weighted by Crippen LogP contribution is -2.27. The van der Waals surface area contributed by atoms with E-state index >= 15 is 0 Å². The molecular formula is C13H15ClN4O. The van der Waals surface area contributed by atoms with Gasteiger partial charge in [0.25, 0.3) is 5.91 Å². The molecule has 5 nitrogen and oxygen atoms in total. The quantitative estimate of drug-likeness (QED) is 0.903. The van der Waals surface area contributed by atoms with Gasteiger partial charge in [-0.05, 0) is 24.6 Å². The highest BCUT2D eigenvalue weighted by Crippen LogP contribution is 2.17. The summed E-state index contributed by atoms with van der Waals surface area (Å²) in [7, 11) is 1.69. The Morgan fingerprint density at radius 2 is 2.05 bits per heavy atom. The molecule has 0 spiro atoms. The van der Waals surface area contributed by atoms with Crippen molar-refractivity contribution in [1.29, 1.82) is 0 Å². The van der Waals surface area contributed by atoms with Crippen LogP contribution in [-0.2, 0) is 7.05 Å². The molecule has 0 radical (unpaired) electrons. The van der Waals surface area contributed by atoms with Crippen molar-refractivity contribution in [2.45, 2.75) is 13.0 Å². The Kier molecular flexibility index (Phi) is 3.76. The third-order valence-electron chi connectivity index (χ3n) is 2.95. The van der Waals surface area contributed by atoms with Crippen LogP contribution in [0, 0.1) is 0 Å². The van der Waals surface area contributed by atoms with Crippen LogP contribution < -0.4 is 11.1 Å². The van der Waals surface area contributed by atoms with Crippen LogP contribution >= 0.6 is 11.6 Å². The van der Waals surface area contributed by atoms with Crippen LogP contribution in [0.25, 0.3) is 0 Å². The summed E-state index contributed by atoms with van der Waals surface area (Å²) in [6, 6.07) is 7.19. The average molecular weight is 279 g/mol. The summed E-state index contributed by atoms with van der Waals surface area (Å²) >= 11 is 5.83. The van der Waals surface area contributed by atoms with Gasteiger partial charge in [-0.1, -0.05) is 23.7 Å². The molecule has 0 saturated heterocycles. The molecule has 1 amide bonds. The van der Waals surface area contributed by atoms with E-state index in [4.69, 9.17) is 17.3 Å². The van der Waals surface area contributed by atoms with Crippen molar-refractivity contribution in [3.05, 3.63) is 46.6 Å². The molecule has 100 valence electrons. The Morgan fingerprint density at radius 1 is 1.42 bits per heavy atom. The second-order valence-corrected chi connectivity index (χ2v) is 4.75. The van der Waals surface area contributed by atoms with E-state index in [2.05, 4.69) is 10.4 Å². The number of hydrogen-bond acceptors (Lipinski definition) is 3. The van der Waals surface area contributed by atoms with E-state index in [0.717, 1.165) is 5.56 Å². The number of rotatable bonds is 3. The fourth-order valence-electron chi connectivity index (χ4n) is 1.73. The van der Waals surface area contributed by atoms with Gasteiger partial charge in [0.2, 0.25) is 0 Å². The number of aryl methyl sites for hydroxylation is 1. The number of halogens is 1. The molecular weight excluding hydrogens is 264 g/mol. The van der Waals surface area contributed by atoms with Crippen LogP contribution in [-0.4, -0.2) is 15.7 Å². The molecule has 3 N–H and O–H groups in total. The number of benzene rings is 1. The molecule has 2 rings (SSSR count). The summed E-state index contributed by atoms with van der Waals surface area (Å²) in [5.41, 5.74) is 7.11. The van der Waals surface area contributed by atoms with Crippen LogP contribution in [0.3, 0.4) is 0 Å². The first-order valence-electron chi connectivity index (χ1n) is 5.83. The number of hydrogen-bond donors (Lipinski definition) is 2. The number of nitrogens with one attached hydrogen (secondary N) is 1. The number of amides is 1. The minimum atomic E-state index is -0.243. The van der Waals surface area contributed by atoms with E-state index in [9.17, 15) is 4.79 Å². The van der Waals surface area contributed by atoms with Crippen molar-refractivity contribution in [3.63, 3.8) is 0 Å². The molecule has 6 heteroatoms. The number of carbonyl (C=O) groups is 1. The fourth-order valence-corrected chi connectivity index (χ4v) is 1.86. The second kappa shape index (κ2) is 5.32. The number of carbonyl (C=O) groups excluding carboxylic acids is 1. The lowest BCUT2D eigenvalue weighted by Gasteiger charge is -2.14. The molecule has 1 aromatic carbocycles. The maximum Gasteiger partial charge on any atom is 0.257 e. The topological polar surface area (TPSA) is 72.9 Å². The highest BCUT2D eigenvalue weighted by atomic mass is 35.5. The maximum atomic E-state index is 12.1. The van der Waals surface area contributed by atoms with Crippen LogP contribution in [0.5, 0.6) is 0 Å². The van der Waals surface area contributed by atoms with Gasteiger partial charge in [-0.25, -0.2) is 0 Å². The second-order valence-electron chi connectivity index (χ2n) is 4.31. The number of aromatic nitrogens is 2. The largest absolute Gasteiger partial charge is 0.383 e. The van der Waals surface area contributed by atoms with Gasteiger partial charge in [-0.3, -0.25) is 9.48 Å². The highest BCUT2D eigenvalue weighted by Gasteiger charge is 2.16. The Morgan fingerprint density at radius 3 is 2.58 bits per heavy atom. The Hall–Kier alpha value is -2.01. The van der Waals surface area contributed by atoms with E-state index < -0.39 is 0 Å². The molecule has 1 unspecified atom stereocenters. The maximum absolute atomic E-state index is 12.1. The minimum Gasteiger partial charge on any atom is -0.383 e. The first kappa shape index (κ1) is 13.4. The van der Waals surface area contributed by atoms with E-state index in [1.807, 2.05) is 19.1 Å². The normalized spacial score (nSPS) is 12.2. The van der Waals surface area contributed by atoms with E-state index in [1.54, 1.807) is 19.2 Å². The van der Waals surface area contributed by atoms with Crippen LogP contribution in [0.15, 0.2) is 30.5 Å². The number of anilines is 1. The SMILES string of the molecule is CC(NC(=O)c1cnn(C)c1N)c1ccc(Cl)cc1. The zero-order valence-corrected chi connectivity index (χ0v) is 11.5.